The molecule has 1 aromatic rings. The minimum absolute atomic E-state index is 0.314. The smallest absolute Gasteiger partial charge is 0.326 e. The van der Waals surface area contributed by atoms with E-state index in [4.69, 9.17) is 21.4 Å². The normalized spacial score (nSPS) is 11.9. The summed E-state index contributed by atoms with van der Waals surface area (Å²) in [5.41, 5.74) is 1.13. The van der Waals surface area contributed by atoms with Gasteiger partial charge in [0.15, 0.2) is 0 Å². The van der Waals surface area contributed by atoms with E-state index in [0.29, 0.717) is 30.0 Å². The molecule has 110 valence electrons. The van der Waals surface area contributed by atoms with Gasteiger partial charge in [-0.2, -0.15) is 0 Å². The van der Waals surface area contributed by atoms with Crippen LogP contribution in [0.4, 0.5) is 0 Å². The first-order valence-corrected chi connectivity index (χ1v) is 6.62. The number of aryl methyl sites for hydroxylation is 1. The number of carboxylic acids is 1. The first kappa shape index (κ1) is 16.5. The zero-order chi connectivity index (χ0) is 15.1. The molecule has 20 heavy (non-hydrogen) atoms. The lowest BCUT2D eigenvalue weighted by atomic mass is 10.1. The Hall–Kier alpha value is -1.59. The standard InChI is InChI=1S/C14H18ClNO4/c1-9-5-6-10(15)8-11(9)13(17)16-12(14(18)19)4-3-7-20-2/h5-6,8,12H,3-4,7H2,1-2H3,(H,16,17)(H,18,19). The Balaban J connectivity index is 2.75. The van der Waals surface area contributed by atoms with E-state index in [1.807, 2.05) is 0 Å². The third-order valence-corrected chi connectivity index (χ3v) is 3.12. The van der Waals surface area contributed by atoms with E-state index in [0.717, 1.165) is 5.56 Å². The molecule has 0 bridgehead atoms. The number of benzene rings is 1. The zero-order valence-electron chi connectivity index (χ0n) is 11.5. The molecule has 0 heterocycles. The molecule has 1 atom stereocenters. The number of ether oxygens (including phenoxy) is 1. The van der Waals surface area contributed by atoms with Crippen LogP contribution in [0.5, 0.6) is 0 Å². The van der Waals surface area contributed by atoms with Gasteiger partial charge in [-0.1, -0.05) is 17.7 Å². The molecule has 6 heteroatoms. The molecule has 1 rings (SSSR count). The number of methoxy groups -OCH3 is 1. The van der Waals surface area contributed by atoms with Crippen molar-refractivity contribution in [2.45, 2.75) is 25.8 Å². The Morgan fingerprint density at radius 1 is 1.45 bits per heavy atom. The lowest BCUT2D eigenvalue weighted by Crippen LogP contribution is -2.41. The molecule has 0 aliphatic carbocycles. The van der Waals surface area contributed by atoms with Gasteiger partial charge in [0.2, 0.25) is 0 Å². The summed E-state index contributed by atoms with van der Waals surface area (Å²) in [5, 5.41) is 12.1. The average Bonchev–Trinajstić information content (AvgIpc) is 2.40. The van der Waals surface area contributed by atoms with Crippen LogP contribution in [0.3, 0.4) is 0 Å². The van der Waals surface area contributed by atoms with E-state index in [1.165, 1.54) is 6.07 Å². The first-order valence-electron chi connectivity index (χ1n) is 6.24. The number of halogens is 1. The van der Waals surface area contributed by atoms with Gasteiger partial charge in [0, 0.05) is 24.3 Å². The van der Waals surface area contributed by atoms with Gasteiger partial charge in [-0.15, -0.1) is 0 Å². The van der Waals surface area contributed by atoms with Crippen LogP contribution in [-0.4, -0.2) is 36.7 Å². The molecule has 0 saturated carbocycles. The molecule has 1 amide bonds. The molecule has 5 nitrogen and oxygen atoms in total. The summed E-state index contributed by atoms with van der Waals surface area (Å²) in [7, 11) is 1.55. The van der Waals surface area contributed by atoms with Crippen molar-refractivity contribution < 1.29 is 19.4 Å². The van der Waals surface area contributed by atoms with Crippen LogP contribution in [0.2, 0.25) is 5.02 Å². The van der Waals surface area contributed by atoms with E-state index < -0.39 is 17.9 Å². The Labute approximate surface area is 122 Å². The van der Waals surface area contributed by atoms with Gasteiger partial charge >= 0.3 is 5.97 Å². The molecule has 0 aromatic heterocycles. The molecular formula is C14H18ClNO4. The monoisotopic (exact) mass is 299 g/mol. The number of nitrogens with one attached hydrogen (secondary N) is 1. The van der Waals surface area contributed by atoms with E-state index in [-0.39, 0.29) is 0 Å². The second-order valence-corrected chi connectivity index (χ2v) is 4.89. The van der Waals surface area contributed by atoms with Crippen LogP contribution in [0, 0.1) is 6.92 Å². The summed E-state index contributed by atoms with van der Waals surface area (Å²) in [6, 6.07) is 4.00. The van der Waals surface area contributed by atoms with Crippen molar-refractivity contribution in [3.8, 4) is 0 Å². The predicted octanol–water partition coefficient (Wildman–Crippen LogP) is 2.26. The molecule has 0 radical (unpaired) electrons. The Kier molecular flexibility index (Phi) is 6.48. The van der Waals surface area contributed by atoms with E-state index in [9.17, 15) is 9.59 Å². The van der Waals surface area contributed by atoms with E-state index >= 15 is 0 Å². The summed E-state index contributed by atoms with van der Waals surface area (Å²) >= 11 is 5.85. The summed E-state index contributed by atoms with van der Waals surface area (Å²) in [6.07, 6.45) is 0.872. The lowest BCUT2D eigenvalue weighted by molar-refractivity contribution is -0.139. The highest BCUT2D eigenvalue weighted by molar-refractivity contribution is 6.31. The van der Waals surface area contributed by atoms with Crippen LogP contribution >= 0.6 is 11.6 Å². The van der Waals surface area contributed by atoms with Crippen molar-refractivity contribution in [1.29, 1.82) is 0 Å². The Bertz CT molecular complexity index is 490. The number of carbonyl (C=O) groups excluding carboxylic acids is 1. The molecule has 0 aliphatic heterocycles. The third kappa shape index (κ3) is 4.83. The summed E-state index contributed by atoms with van der Waals surface area (Å²) < 4.78 is 4.87. The van der Waals surface area contributed by atoms with E-state index in [2.05, 4.69) is 5.32 Å². The maximum atomic E-state index is 12.1. The van der Waals surface area contributed by atoms with Crippen molar-refractivity contribution in [2.75, 3.05) is 13.7 Å². The van der Waals surface area contributed by atoms with Gasteiger partial charge in [0.05, 0.1) is 0 Å². The highest BCUT2D eigenvalue weighted by Gasteiger charge is 2.21. The highest BCUT2D eigenvalue weighted by Crippen LogP contribution is 2.15. The number of hydrogen-bond acceptors (Lipinski definition) is 3. The van der Waals surface area contributed by atoms with Gasteiger partial charge < -0.3 is 15.2 Å². The van der Waals surface area contributed by atoms with Crippen molar-refractivity contribution in [2.24, 2.45) is 0 Å². The minimum atomic E-state index is -1.06. The summed E-state index contributed by atoms with van der Waals surface area (Å²) in [4.78, 5) is 23.2. The van der Waals surface area contributed by atoms with E-state index in [1.54, 1.807) is 26.2 Å². The average molecular weight is 300 g/mol. The highest BCUT2D eigenvalue weighted by atomic mass is 35.5. The summed E-state index contributed by atoms with van der Waals surface area (Å²) in [5.74, 6) is -1.50. The molecule has 2 N–H and O–H groups in total. The Morgan fingerprint density at radius 3 is 2.75 bits per heavy atom. The maximum Gasteiger partial charge on any atom is 0.326 e. The molecule has 1 unspecified atom stereocenters. The van der Waals surface area contributed by atoms with Crippen molar-refractivity contribution in [3.05, 3.63) is 34.3 Å². The van der Waals surface area contributed by atoms with Crippen LogP contribution in [0.25, 0.3) is 0 Å². The van der Waals surface area contributed by atoms with Gasteiger partial charge in [-0.05, 0) is 37.5 Å². The topological polar surface area (TPSA) is 75.6 Å². The number of amides is 1. The van der Waals surface area contributed by atoms with Crippen molar-refractivity contribution >= 4 is 23.5 Å². The van der Waals surface area contributed by atoms with Gasteiger partial charge in [0.25, 0.3) is 5.91 Å². The van der Waals surface area contributed by atoms with Crippen molar-refractivity contribution in [3.63, 3.8) is 0 Å². The fraction of sp³-hybridized carbons (Fsp3) is 0.429. The van der Waals surface area contributed by atoms with Crippen LogP contribution < -0.4 is 5.32 Å². The van der Waals surface area contributed by atoms with Gasteiger partial charge in [0.1, 0.15) is 6.04 Å². The predicted molar refractivity (Wildman–Crippen MR) is 76.2 cm³/mol. The van der Waals surface area contributed by atoms with Crippen molar-refractivity contribution in [1.82, 2.24) is 5.32 Å². The second-order valence-electron chi connectivity index (χ2n) is 4.46. The number of rotatable bonds is 7. The largest absolute Gasteiger partial charge is 0.480 e. The number of aliphatic carboxylic acids is 1. The first-order chi connectivity index (χ1) is 9.45. The number of carbonyl (C=O) groups is 2. The minimum Gasteiger partial charge on any atom is -0.480 e. The second kappa shape index (κ2) is 7.87. The molecule has 1 aromatic carbocycles. The molecule has 0 spiro atoms. The SMILES string of the molecule is COCCCC(NC(=O)c1cc(Cl)ccc1C)C(=O)O. The molecular weight excluding hydrogens is 282 g/mol. The van der Waals surface area contributed by atoms with Gasteiger partial charge in [-0.3, -0.25) is 4.79 Å². The third-order valence-electron chi connectivity index (χ3n) is 2.89. The van der Waals surface area contributed by atoms with Crippen LogP contribution in [0.15, 0.2) is 18.2 Å². The summed E-state index contributed by atoms with van der Waals surface area (Å²) in [6.45, 7) is 2.22. The van der Waals surface area contributed by atoms with Crippen LogP contribution in [-0.2, 0) is 9.53 Å². The quantitative estimate of drug-likeness (QED) is 0.757. The maximum absolute atomic E-state index is 12.1. The lowest BCUT2D eigenvalue weighted by Gasteiger charge is -2.15. The van der Waals surface area contributed by atoms with Crippen LogP contribution in [0.1, 0.15) is 28.8 Å². The number of hydrogen-bond donors (Lipinski definition) is 2. The van der Waals surface area contributed by atoms with Gasteiger partial charge in [-0.25, -0.2) is 4.79 Å². The number of carboxylic acid groups (broad SMARTS) is 1. The zero-order valence-corrected chi connectivity index (χ0v) is 12.2. The fourth-order valence-electron chi connectivity index (χ4n) is 1.76. The Morgan fingerprint density at radius 2 is 2.15 bits per heavy atom. The fourth-order valence-corrected chi connectivity index (χ4v) is 1.94. The molecule has 0 aliphatic rings. The molecule has 0 saturated heterocycles. The molecule has 0 fully saturated rings.